The standard InChI is InChI=1S/C15H11BrN2O/c16-9-4-5-13-10(7-9)15(14(19)18-13)8-11(15)12-3-1-2-6-17-12/h1-7,11H,8H2,(H,18,19)/t11-,15-/m0/s1. The van der Waals surface area contributed by atoms with Crippen molar-refractivity contribution in [3.05, 3.63) is 58.3 Å². The number of carbonyl (C=O) groups excluding carboxylic acids is 1. The Bertz CT molecular complexity index is 686. The maximum Gasteiger partial charge on any atom is 0.235 e. The zero-order chi connectivity index (χ0) is 13.0. The van der Waals surface area contributed by atoms with Crippen LogP contribution in [0.15, 0.2) is 47.1 Å². The number of aromatic nitrogens is 1. The van der Waals surface area contributed by atoms with Crippen molar-refractivity contribution in [1.82, 2.24) is 4.98 Å². The third-order valence-electron chi connectivity index (χ3n) is 4.12. The van der Waals surface area contributed by atoms with Crippen LogP contribution in [0.25, 0.3) is 0 Å². The summed E-state index contributed by atoms with van der Waals surface area (Å²) in [6.45, 7) is 0. The lowest BCUT2D eigenvalue weighted by atomic mass is 9.93. The highest BCUT2D eigenvalue weighted by Gasteiger charge is 2.65. The summed E-state index contributed by atoms with van der Waals surface area (Å²) in [7, 11) is 0. The normalized spacial score (nSPS) is 27.2. The van der Waals surface area contributed by atoms with E-state index >= 15 is 0 Å². The second-order valence-electron chi connectivity index (χ2n) is 5.13. The number of nitrogens with zero attached hydrogens (tertiary/aromatic N) is 1. The van der Waals surface area contributed by atoms with E-state index in [1.165, 1.54) is 0 Å². The molecule has 19 heavy (non-hydrogen) atoms. The van der Waals surface area contributed by atoms with E-state index in [1.807, 2.05) is 30.3 Å². The number of benzene rings is 1. The topological polar surface area (TPSA) is 42.0 Å². The van der Waals surface area contributed by atoms with Crippen LogP contribution in [0.2, 0.25) is 0 Å². The van der Waals surface area contributed by atoms with Crippen LogP contribution in [0.3, 0.4) is 0 Å². The number of amides is 1. The Kier molecular flexibility index (Phi) is 2.16. The third-order valence-corrected chi connectivity index (χ3v) is 4.61. The van der Waals surface area contributed by atoms with Crippen molar-refractivity contribution in [2.45, 2.75) is 17.8 Å². The molecule has 4 rings (SSSR count). The fourth-order valence-electron chi connectivity index (χ4n) is 3.10. The molecule has 3 nitrogen and oxygen atoms in total. The molecular weight excluding hydrogens is 304 g/mol. The van der Waals surface area contributed by atoms with E-state index in [0.717, 1.165) is 27.8 Å². The first-order chi connectivity index (χ1) is 9.22. The van der Waals surface area contributed by atoms with Gasteiger partial charge in [0.05, 0.1) is 5.41 Å². The number of halogens is 1. The van der Waals surface area contributed by atoms with Crippen molar-refractivity contribution in [3.63, 3.8) is 0 Å². The second kappa shape index (κ2) is 3.67. The fourth-order valence-corrected chi connectivity index (χ4v) is 3.46. The van der Waals surface area contributed by atoms with Gasteiger partial charge in [-0.15, -0.1) is 0 Å². The molecule has 1 aliphatic carbocycles. The molecule has 2 heterocycles. The van der Waals surface area contributed by atoms with Gasteiger partial charge in [0.2, 0.25) is 5.91 Å². The number of hydrogen-bond acceptors (Lipinski definition) is 2. The number of rotatable bonds is 1. The minimum absolute atomic E-state index is 0.108. The van der Waals surface area contributed by atoms with E-state index in [4.69, 9.17) is 0 Å². The van der Waals surface area contributed by atoms with Crippen LogP contribution in [0.5, 0.6) is 0 Å². The number of hydrogen-bond donors (Lipinski definition) is 1. The number of fused-ring (bicyclic) bond motifs is 2. The van der Waals surface area contributed by atoms with Gasteiger partial charge in [-0.1, -0.05) is 22.0 Å². The van der Waals surface area contributed by atoms with Gasteiger partial charge in [0, 0.05) is 28.0 Å². The molecule has 0 saturated heterocycles. The molecule has 1 aromatic heterocycles. The van der Waals surface area contributed by atoms with Crippen molar-refractivity contribution < 1.29 is 4.79 Å². The highest BCUT2D eigenvalue weighted by Crippen LogP contribution is 2.64. The lowest BCUT2D eigenvalue weighted by molar-refractivity contribution is -0.118. The van der Waals surface area contributed by atoms with Crippen LogP contribution < -0.4 is 5.32 Å². The Morgan fingerprint density at radius 2 is 2.21 bits per heavy atom. The largest absolute Gasteiger partial charge is 0.325 e. The van der Waals surface area contributed by atoms with Crippen LogP contribution in [-0.2, 0) is 10.2 Å². The van der Waals surface area contributed by atoms with Crippen LogP contribution >= 0.6 is 15.9 Å². The summed E-state index contributed by atoms with van der Waals surface area (Å²) in [4.78, 5) is 16.8. The summed E-state index contributed by atoms with van der Waals surface area (Å²) in [5, 5.41) is 2.99. The van der Waals surface area contributed by atoms with Gasteiger partial charge in [0.15, 0.2) is 0 Å². The molecular formula is C15H11BrN2O. The first-order valence-electron chi connectivity index (χ1n) is 6.24. The number of pyridine rings is 1. The minimum Gasteiger partial charge on any atom is -0.325 e. The zero-order valence-electron chi connectivity index (χ0n) is 10.1. The quantitative estimate of drug-likeness (QED) is 0.878. The van der Waals surface area contributed by atoms with Gasteiger partial charge in [0.1, 0.15) is 0 Å². The van der Waals surface area contributed by atoms with Gasteiger partial charge in [0.25, 0.3) is 0 Å². The Labute approximate surface area is 119 Å². The first-order valence-corrected chi connectivity index (χ1v) is 7.03. The molecule has 2 aromatic rings. The first kappa shape index (κ1) is 11.2. The van der Waals surface area contributed by atoms with Crippen molar-refractivity contribution in [2.24, 2.45) is 0 Å². The number of anilines is 1. The van der Waals surface area contributed by atoms with E-state index in [1.54, 1.807) is 6.20 Å². The summed E-state index contributed by atoms with van der Waals surface area (Å²) < 4.78 is 1.01. The molecule has 0 bridgehead atoms. The summed E-state index contributed by atoms with van der Waals surface area (Å²) >= 11 is 3.49. The predicted octanol–water partition coefficient (Wildman–Crippen LogP) is 3.22. The molecule has 4 heteroatoms. The minimum atomic E-state index is -0.395. The second-order valence-corrected chi connectivity index (χ2v) is 6.04. The van der Waals surface area contributed by atoms with Crippen LogP contribution in [-0.4, -0.2) is 10.9 Å². The van der Waals surface area contributed by atoms with Gasteiger partial charge in [-0.3, -0.25) is 9.78 Å². The lowest BCUT2D eigenvalue weighted by Crippen LogP contribution is -2.21. The smallest absolute Gasteiger partial charge is 0.235 e. The number of nitrogens with one attached hydrogen (secondary N) is 1. The summed E-state index contributed by atoms with van der Waals surface area (Å²) in [5.41, 5.74) is 2.65. The highest BCUT2D eigenvalue weighted by molar-refractivity contribution is 9.10. The van der Waals surface area contributed by atoms with Crippen molar-refractivity contribution >= 4 is 27.5 Å². The maximum absolute atomic E-state index is 12.4. The Balaban J connectivity index is 1.82. The van der Waals surface area contributed by atoms with Crippen molar-refractivity contribution in [3.8, 4) is 0 Å². The lowest BCUT2D eigenvalue weighted by Gasteiger charge is -2.08. The molecule has 1 N–H and O–H groups in total. The molecule has 1 spiro atoms. The molecule has 1 saturated carbocycles. The maximum atomic E-state index is 12.4. The molecule has 1 fully saturated rings. The van der Waals surface area contributed by atoms with E-state index in [2.05, 4.69) is 32.3 Å². The molecule has 1 amide bonds. The Morgan fingerprint density at radius 3 is 3.00 bits per heavy atom. The summed E-state index contributed by atoms with van der Waals surface area (Å²) in [6, 6.07) is 11.8. The molecule has 2 aliphatic rings. The average molecular weight is 315 g/mol. The van der Waals surface area contributed by atoms with Gasteiger partial charge < -0.3 is 5.32 Å². The Hall–Kier alpha value is -1.68. The predicted molar refractivity (Wildman–Crippen MR) is 76.0 cm³/mol. The molecule has 0 radical (unpaired) electrons. The van der Waals surface area contributed by atoms with Crippen LogP contribution in [0.4, 0.5) is 5.69 Å². The van der Waals surface area contributed by atoms with Gasteiger partial charge >= 0.3 is 0 Å². The van der Waals surface area contributed by atoms with Gasteiger partial charge in [-0.05, 0) is 42.3 Å². The molecule has 0 unspecified atom stereocenters. The molecule has 1 aliphatic heterocycles. The van der Waals surface area contributed by atoms with E-state index < -0.39 is 5.41 Å². The molecule has 1 aromatic carbocycles. The van der Waals surface area contributed by atoms with E-state index in [9.17, 15) is 4.79 Å². The van der Waals surface area contributed by atoms with Gasteiger partial charge in [-0.2, -0.15) is 0 Å². The van der Waals surface area contributed by atoms with E-state index in [0.29, 0.717) is 0 Å². The number of carbonyl (C=O) groups is 1. The summed E-state index contributed by atoms with van der Waals surface area (Å²) in [5.74, 6) is 0.306. The Morgan fingerprint density at radius 1 is 1.32 bits per heavy atom. The molecule has 94 valence electrons. The fraction of sp³-hybridized carbons (Fsp3) is 0.200. The van der Waals surface area contributed by atoms with Crippen molar-refractivity contribution in [2.75, 3.05) is 5.32 Å². The average Bonchev–Trinajstić information content (AvgIpc) is 3.12. The van der Waals surface area contributed by atoms with Crippen molar-refractivity contribution in [1.29, 1.82) is 0 Å². The molecule has 2 atom stereocenters. The third kappa shape index (κ3) is 1.43. The van der Waals surface area contributed by atoms with E-state index in [-0.39, 0.29) is 11.8 Å². The monoisotopic (exact) mass is 314 g/mol. The highest BCUT2D eigenvalue weighted by atomic mass is 79.9. The SMILES string of the molecule is O=C1Nc2ccc(Br)cc2[C@]12C[C@H]2c1ccccn1. The zero-order valence-corrected chi connectivity index (χ0v) is 11.6. The summed E-state index contributed by atoms with van der Waals surface area (Å²) in [6.07, 6.45) is 2.63. The van der Waals surface area contributed by atoms with Gasteiger partial charge in [-0.25, -0.2) is 0 Å². The van der Waals surface area contributed by atoms with Crippen LogP contribution in [0.1, 0.15) is 23.6 Å². The van der Waals surface area contributed by atoms with Crippen LogP contribution in [0, 0.1) is 0 Å².